The standard InChI is InChI=1S/C11H13ClFNO3/c1-17-6-10(11(15)16)14-5-7-2-3-9(13)8(12)4-7/h2-4,10,14H,5-6H2,1H3,(H,15,16). The predicted molar refractivity (Wildman–Crippen MR) is 61.5 cm³/mol. The summed E-state index contributed by atoms with van der Waals surface area (Å²) in [5.74, 6) is -1.50. The van der Waals surface area contributed by atoms with Crippen LogP contribution in [0.5, 0.6) is 0 Å². The lowest BCUT2D eigenvalue weighted by molar-refractivity contribution is -0.140. The Balaban J connectivity index is 2.59. The number of halogens is 2. The molecule has 0 heterocycles. The number of ether oxygens (including phenoxy) is 1. The van der Waals surface area contributed by atoms with E-state index in [1.54, 1.807) is 6.07 Å². The molecule has 0 saturated heterocycles. The number of carbonyl (C=O) groups is 1. The zero-order valence-electron chi connectivity index (χ0n) is 9.24. The Morgan fingerprint density at radius 3 is 2.88 bits per heavy atom. The molecule has 1 aromatic carbocycles. The highest BCUT2D eigenvalue weighted by molar-refractivity contribution is 6.30. The summed E-state index contributed by atoms with van der Waals surface area (Å²) in [5, 5.41) is 11.6. The van der Waals surface area contributed by atoms with Gasteiger partial charge in [-0.05, 0) is 17.7 Å². The highest BCUT2D eigenvalue weighted by Crippen LogP contribution is 2.15. The molecular weight excluding hydrogens is 249 g/mol. The average molecular weight is 262 g/mol. The molecule has 0 bridgehead atoms. The molecule has 0 aliphatic heterocycles. The van der Waals surface area contributed by atoms with Crippen molar-refractivity contribution < 1.29 is 19.0 Å². The molecule has 6 heteroatoms. The minimum absolute atomic E-state index is 0.0166. The first kappa shape index (κ1) is 13.9. The summed E-state index contributed by atoms with van der Waals surface area (Å²) in [5.41, 5.74) is 0.707. The summed E-state index contributed by atoms with van der Waals surface area (Å²) in [6.45, 7) is 0.338. The van der Waals surface area contributed by atoms with Crippen LogP contribution in [-0.4, -0.2) is 30.8 Å². The second-order valence-electron chi connectivity index (χ2n) is 3.48. The summed E-state index contributed by atoms with van der Waals surface area (Å²) in [6.07, 6.45) is 0. The third kappa shape index (κ3) is 4.30. The van der Waals surface area contributed by atoms with Crippen molar-refractivity contribution in [3.8, 4) is 0 Å². The number of carboxylic acid groups (broad SMARTS) is 1. The first-order valence-corrected chi connectivity index (χ1v) is 5.31. The normalized spacial score (nSPS) is 12.4. The van der Waals surface area contributed by atoms with Gasteiger partial charge in [0.15, 0.2) is 0 Å². The van der Waals surface area contributed by atoms with E-state index in [1.807, 2.05) is 0 Å². The number of aliphatic carboxylic acids is 1. The molecule has 94 valence electrons. The fraction of sp³-hybridized carbons (Fsp3) is 0.364. The van der Waals surface area contributed by atoms with Crippen molar-refractivity contribution in [2.24, 2.45) is 0 Å². The van der Waals surface area contributed by atoms with E-state index in [0.29, 0.717) is 5.56 Å². The minimum Gasteiger partial charge on any atom is -0.480 e. The Kier molecular flexibility index (Phi) is 5.34. The Bertz CT molecular complexity index is 400. The SMILES string of the molecule is COCC(NCc1ccc(F)c(Cl)c1)C(=O)O. The van der Waals surface area contributed by atoms with Gasteiger partial charge in [-0.3, -0.25) is 10.1 Å². The van der Waals surface area contributed by atoms with E-state index in [0.717, 1.165) is 0 Å². The van der Waals surface area contributed by atoms with Crippen LogP contribution >= 0.6 is 11.6 Å². The largest absolute Gasteiger partial charge is 0.480 e. The number of hydrogen-bond acceptors (Lipinski definition) is 3. The van der Waals surface area contributed by atoms with Crippen LogP contribution in [0, 0.1) is 5.82 Å². The molecule has 0 spiro atoms. The van der Waals surface area contributed by atoms with E-state index in [9.17, 15) is 9.18 Å². The Labute approximate surface area is 103 Å². The maximum atomic E-state index is 12.9. The van der Waals surface area contributed by atoms with E-state index in [2.05, 4.69) is 5.32 Å². The molecule has 1 aromatic rings. The lowest BCUT2D eigenvalue weighted by Crippen LogP contribution is -2.39. The van der Waals surface area contributed by atoms with Gasteiger partial charge >= 0.3 is 5.97 Å². The lowest BCUT2D eigenvalue weighted by Gasteiger charge is -2.13. The molecule has 1 atom stereocenters. The number of hydrogen-bond donors (Lipinski definition) is 2. The molecule has 0 saturated carbocycles. The van der Waals surface area contributed by atoms with E-state index in [4.69, 9.17) is 21.4 Å². The van der Waals surface area contributed by atoms with E-state index >= 15 is 0 Å². The van der Waals surface area contributed by atoms with Crippen molar-refractivity contribution in [2.45, 2.75) is 12.6 Å². The number of benzene rings is 1. The molecule has 0 aliphatic rings. The molecule has 2 N–H and O–H groups in total. The smallest absolute Gasteiger partial charge is 0.323 e. The highest BCUT2D eigenvalue weighted by atomic mass is 35.5. The molecule has 0 radical (unpaired) electrons. The highest BCUT2D eigenvalue weighted by Gasteiger charge is 2.16. The van der Waals surface area contributed by atoms with Crippen LogP contribution in [-0.2, 0) is 16.1 Å². The summed E-state index contributed by atoms with van der Waals surface area (Å²) in [6, 6.07) is 3.44. The summed E-state index contributed by atoms with van der Waals surface area (Å²) in [7, 11) is 1.42. The van der Waals surface area contributed by atoms with Crippen LogP contribution < -0.4 is 5.32 Å². The van der Waals surface area contributed by atoms with Crippen LogP contribution in [0.1, 0.15) is 5.56 Å². The number of methoxy groups -OCH3 is 1. The van der Waals surface area contributed by atoms with E-state index in [1.165, 1.54) is 19.2 Å². The summed E-state index contributed by atoms with van der Waals surface area (Å²) >= 11 is 5.61. The minimum atomic E-state index is -1.000. The maximum Gasteiger partial charge on any atom is 0.323 e. The molecule has 0 fully saturated rings. The van der Waals surface area contributed by atoms with Crippen molar-refractivity contribution in [1.29, 1.82) is 0 Å². The van der Waals surface area contributed by atoms with Gasteiger partial charge in [0.25, 0.3) is 0 Å². The van der Waals surface area contributed by atoms with Gasteiger partial charge in [0.1, 0.15) is 11.9 Å². The Morgan fingerprint density at radius 2 is 2.35 bits per heavy atom. The quantitative estimate of drug-likeness (QED) is 0.818. The van der Waals surface area contributed by atoms with Gasteiger partial charge in [0.2, 0.25) is 0 Å². The number of rotatable bonds is 6. The first-order chi connectivity index (χ1) is 8.04. The zero-order chi connectivity index (χ0) is 12.8. The van der Waals surface area contributed by atoms with Crippen LogP contribution in [0.15, 0.2) is 18.2 Å². The maximum absolute atomic E-state index is 12.9. The van der Waals surface area contributed by atoms with Gasteiger partial charge < -0.3 is 9.84 Å². The van der Waals surface area contributed by atoms with Crippen LogP contribution in [0.25, 0.3) is 0 Å². The Hall–Kier alpha value is -1.17. The molecule has 1 rings (SSSR count). The zero-order valence-corrected chi connectivity index (χ0v) is 10.00. The summed E-state index contributed by atoms with van der Waals surface area (Å²) in [4.78, 5) is 10.8. The van der Waals surface area contributed by atoms with Gasteiger partial charge in [0.05, 0.1) is 11.6 Å². The second-order valence-corrected chi connectivity index (χ2v) is 3.88. The number of carboxylic acids is 1. The van der Waals surface area contributed by atoms with E-state index < -0.39 is 17.8 Å². The predicted octanol–water partition coefficient (Wildman–Crippen LogP) is 1.67. The Morgan fingerprint density at radius 1 is 1.65 bits per heavy atom. The second kappa shape index (κ2) is 6.54. The third-order valence-corrected chi connectivity index (χ3v) is 2.46. The van der Waals surface area contributed by atoms with Gasteiger partial charge in [-0.1, -0.05) is 17.7 Å². The molecule has 4 nitrogen and oxygen atoms in total. The van der Waals surface area contributed by atoms with Crippen LogP contribution in [0.3, 0.4) is 0 Å². The van der Waals surface area contributed by atoms with Crippen molar-refractivity contribution in [2.75, 3.05) is 13.7 Å². The van der Waals surface area contributed by atoms with Gasteiger partial charge in [-0.2, -0.15) is 0 Å². The fourth-order valence-corrected chi connectivity index (χ4v) is 1.48. The van der Waals surface area contributed by atoms with Crippen LogP contribution in [0.4, 0.5) is 4.39 Å². The number of nitrogens with one attached hydrogen (secondary N) is 1. The molecule has 0 aromatic heterocycles. The topological polar surface area (TPSA) is 58.6 Å². The fourth-order valence-electron chi connectivity index (χ4n) is 1.27. The van der Waals surface area contributed by atoms with Gasteiger partial charge in [0, 0.05) is 13.7 Å². The third-order valence-electron chi connectivity index (χ3n) is 2.17. The molecule has 1 unspecified atom stereocenters. The molecule has 17 heavy (non-hydrogen) atoms. The monoisotopic (exact) mass is 261 g/mol. The summed E-state index contributed by atoms with van der Waals surface area (Å²) < 4.78 is 17.6. The van der Waals surface area contributed by atoms with Gasteiger partial charge in [-0.25, -0.2) is 4.39 Å². The van der Waals surface area contributed by atoms with E-state index in [-0.39, 0.29) is 18.2 Å². The van der Waals surface area contributed by atoms with Crippen molar-refractivity contribution in [1.82, 2.24) is 5.32 Å². The lowest BCUT2D eigenvalue weighted by atomic mass is 10.2. The van der Waals surface area contributed by atoms with Crippen molar-refractivity contribution >= 4 is 17.6 Å². The molecule has 0 aliphatic carbocycles. The first-order valence-electron chi connectivity index (χ1n) is 4.93. The van der Waals surface area contributed by atoms with Crippen LogP contribution in [0.2, 0.25) is 5.02 Å². The van der Waals surface area contributed by atoms with Gasteiger partial charge in [-0.15, -0.1) is 0 Å². The average Bonchev–Trinajstić information content (AvgIpc) is 2.28. The molecule has 0 amide bonds. The molecular formula is C11H13ClFNO3. The van der Waals surface area contributed by atoms with Crippen molar-refractivity contribution in [3.05, 3.63) is 34.6 Å². The van der Waals surface area contributed by atoms with Crippen molar-refractivity contribution in [3.63, 3.8) is 0 Å².